The first-order valence-electron chi connectivity index (χ1n) is 6.33. The second-order valence-electron chi connectivity index (χ2n) is 4.51. The van der Waals surface area contributed by atoms with E-state index in [-0.39, 0.29) is 0 Å². The van der Waals surface area contributed by atoms with E-state index in [0.29, 0.717) is 0 Å². The van der Waals surface area contributed by atoms with Crippen LogP contribution in [-0.4, -0.2) is 36.2 Å². The standard InChI is InChI=1S/C14H21NOS2/c1-11-3-4-14(16-2)12(7-11)8-15-9-13-10-17-5-6-18-13/h3-4,7,13,15H,5-6,8-10H2,1-2H3. The van der Waals surface area contributed by atoms with Crippen LogP contribution in [0.5, 0.6) is 5.75 Å². The third-order valence-electron chi connectivity index (χ3n) is 3.01. The van der Waals surface area contributed by atoms with Crippen LogP contribution in [0.2, 0.25) is 0 Å². The molecule has 1 aliphatic heterocycles. The third-order valence-corrected chi connectivity index (χ3v) is 5.85. The number of hydrogen-bond donors (Lipinski definition) is 1. The normalized spacial score (nSPS) is 19.8. The fourth-order valence-electron chi connectivity index (χ4n) is 2.07. The van der Waals surface area contributed by atoms with E-state index in [0.717, 1.165) is 24.1 Å². The van der Waals surface area contributed by atoms with Gasteiger partial charge in [0.25, 0.3) is 0 Å². The van der Waals surface area contributed by atoms with Crippen LogP contribution in [-0.2, 0) is 6.54 Å². The molecule has 1 unspecified atom stereocenters. The topological polar surface area (TPSA) is 21.3 Å². The minimum absolute atomic E-state index is 0.763. The van der Waals surface area contributed by atoms with Gasteiger partial charge in [-0.05, 0) is 13.0 Å². The lowest BCUT2D eigenvalue weighted by molar-refractivity contribution is 0.407. The Morgan fingerprint density at radius 2 is 2.28 bits per heavy atom. The van der Waals surface area contributed by atoms with Crippen LogP contribution in [0, 0.1) is 6.92 Å². The van der Waals surface area contributed by atoms with Gasteiger partial charge in [-0.1, -0.05) is 17.7 Å². The fraction of sp³-hybridized carbons (Fsp3) is 0.571. The minimum atomic E-state index is 0.763. The van der Waals surface area contributed by atoms with Gasteiger partial charge in [-0.2, -0.15) is 23.5 Å². The number of rotatable bonds is 5. The Balaban J connectivity index is 1.83. The zero-order valence-electron chi connectivity index (χ0n) is 11.1. The zero-order valence-corrected chi connectivity index (χ0v) is 12.7. The third kappa shape index (κ3) is 4.11. The van der Waals surface area contributed by atoms with Crippen molar-refractivity contribution < 1.29 is 4.74 Å². The van der Waals surface area contributed by atoms with Crippen LogP contribution in [0.4, 0.5) is 0 Å². The van der Waals surface area contributed by atoms with E-state index in [1.54, 1.807) is 7.11 Å². The van der Waals surface area contributed by atoms with Crippen LogP contribution in [0.1, 0.15) is 11.1 Å². The monoisotopic (exact) mass is 283 g/mol. The van der Waals surface area contributed by atoms with Gasteiger partial charge in [-0.25, -0.2) is 0 Å². The van der Waals surface area contributed by atoms with Crippen molar-refractivity contribution in [1.82, 2.24) is 5.32 Å². The zero-order chi connectivity index (χ0) is 12.8. The molecule has 1 heterocycles. The molecule has 1 aliphatic rings. The Hall–Kier alpha value is -0.320. The highest BCUT2D eigenvalue weighted by Crippen LogP contribution is 2.24. The predicted octanol–water partition coefficient (Wildman–Crippen LogP) is 2.94. The first kappa shape index (κ1) is 14.1. The molecule has 18 heavy (non-hydrogen) atoms. The highest BCUT2D eigenvalue weighted by molar-refractivity contribution is 8.06. The molecule has 1 fully saturated rings. The number of nitrogens with one attached hydrogen (secondary N) is 1. The SMILES string of the molecule is COc1ccc(C)cc1CNCC1CSCCS1. The van der Waals surface area contributed by atoms with Crippen LogP contribution >= 0.6 is 23.5 Å². The van der Waals surface area contributed by atoms with Gasteiger partial charge in [-0.3, -0.25) is 0 Å². The summed E-state index contributed by atoms with van der Waals surface area (Å²) in [6.45, 7) is 4.11. The van der Waals surface area contributed by atoms with Crippen molar-refractivity contribution in [3.05, 3.63) is 29.3 Å². The van der Waals surface area contributed by atoms with E-state index in [2.05, 4.69) is 54.0 Å². The quantitative estimate of drug-likeness (QED) is 0.896. The summed E-state index contributed by atoms with van der Waals surface area (Å²) in [7, 11) is 1.74. The molecule has 1 atom stereocenters. The lowest BCUT2D eigenvalue weighted by atomic mass is 10.1. The molecular weight excluding hydrogens is 262 g/mol. The maximum absolute atomic E-state index is 5.39. The molecule has 1 N–H and O–H groups in total. The van der Waals surface area contributed by atoms with Crippen molar-refractivity contribution in [3.63, 3.8) is 0 Å². The summed E-state index contributed by atoms with van der Waals surface area (Å²) in [4.78, 5) is 0. The lowest BCUT2D eigenvalue weighted by Crippen LogP contribution is -2.28. The summed E-state index contributed by atoms with van der Waals surface area (Å²) in [5.74, 6) is 4.87. The predicted molar refractivity (Wildman–Crippen MR) is 83.0 cm³/mol. The highest BCUT2D eigenvalue weighted by atomic mass is 32.2. The molecule has 0 saturated carbocycles. The van der Waals surface area contributed by atoms with Crippen molar-refractivity contribution in [3.8, 4) is 5.75 Å². The molecule has 0 aliphatic carbocycles. The Morgan fingerprint density at radius 3 is 3.00 bits per heavy atom. The lowest BCUT2D eigenvalue weighted by Gasteiger charge is -2.21. The van der Waals surface area contributed by atoms with Crippen molar-refractivity contribution >= 4 is 23.5 Å². The summed E-state index contributed by atoms with van der Waals surface area (Å²) in [5, 5.41) is 4.32. The number of aryl methyl sites for hydroxylation is 1. The molecule has 1 saturated heterocycles. The van der Waals surface area contributed by atoms with E-state index in [4.69, 9.17) is 4.74 Å². The summed E-state index contributed by atoms with van der Waals surface area (Å²) in [6, 6.07) is 6.35. The van der Waals surface area contributed by atoms with Gasteiger partial charge in [0.15, 0.2) is 0 Å². The van der Waals surface area contributed by atoms with E-state index in [1.165, 1.54) is 28.4 Å². The first-order chi connectivity index (χ1) is 8.79. The van der Waals surface area contributed by atoms with Gasteiger partial charge in [0.05, 0.1) is 7.11 Å². The van der Waals surface area contributed by atoms with Gasteiger partial charge in [-0.15, -0.1) is 0 Å². The van der Waals surface area contributed by atoms with Gasteiger partial charge in [0.1, 0.15) is 5.75 Å². The molecule has 0 aromatic heterocycles. The second kappa shape index (κ2) is 7.31. The van der Waals surface area contributed by atoms with Crippen molar-refractivity contribution in [2.24, 2.45) is 0 Å². The molecule has 0 spiro atoms. The molecule has 2 rings (SSSR count). The van der Waals surface area contributed by atoms with Crippen LogP contribution < -0.4 is 10.1 Å². The van der Waals surface area contributed by atoms with Crippen LogP contribution in [0.15, 0.2) is 18.2 Å². The molecular formula is C14H21NOS2. The van der Waals surface area contributed by atoms with Crippen molar-refractivity contribution in [2.45, 2.75) is 18.7 Å². The molecule has 0 radical (unpaired) electrons. The van der Waals surface area contributed by atoms with E-state index < -0.39 is 0 Å². The summed E-state index contributed by atoms with van der Waals surface area (Å²) < 4.78 is 5.39. The number of thioether (sulfide) groups is 2. The molecule has 100 valence electrons. The molecule has 0 bridgehead atoms. The van der Waals surface area contributed by atoms with Crippen molar-refractivity contribution in [1.29, 1.82) is 0 Å². The van der Waals surface area contributed by atoms with Crippen LogP contribution in [0.25, 0.3) is 0 Å². The smallest absolute Gasteiger partial charge is 0.123 e. The Morgan fingerprint density at radius 1 is 1.39 bits per heavy atom. The van der Waals surface area contributed by atoms with E-state index in [9.17, 15) is 0 Å². The summed E-state index contributed by atoms with van der Waals surface area (Å²) >= 11 is 4.17. The van der Waals surface area contributed by atoms with Crippen LogP contribution in [0.3, 0.4) is 0 Å². The molecule has 1 aromatic rings. The maximum Gasteiger partial charge on any atom is 0.123 e. The average Bonchev–Trinajstić information content (AvgIpc) is 2.40. The average molecular weight is 283 g/mol. The molecule has 4 heteroatoms. The number of ether oxygens (including phenoxy) is 1. The second-order valence-corrected chi connectivity index (χ2v) is 7.07. The Bertz CT molecular complexity index is 378. The molecule has 2 nitrogen and oxygen atoms in total. The fourth-order valence-corrected chi connectivity index (χ4v) is 4.71. The maximum atomic E-state index is 5.39. The van der Waals surface area contributed by atoms with E-state index in [1.807, 2.05) is 0 Å². The largest absolute Gasteiger partial charge is 0.496 e. The Labute approximate surface area is 118 Å². The van der Waals surface area contributed by atoms with Gasteiger partial charge in [0, 0.05) is 41.2 Å². The number of methoxy groups -OCH3 is 1. The molecule has 1 aromatic carbocycles. The van der Waals surface area contributed by atoms with Gasteiger partial charge in [0.2, 0.25) is 0 Å². The first-order valence-corrected chi connectivity index (χ1v) is 8.53. The number of benzene rings is 1. The molecule has 0 amide bonds. The number of hydrogen-bond acceptors (Lipinski definition) is 4. The van der Waals surface area contributed by atoms with E-state index >= 15 is 0 Å². The highest BCUT2D eigenvalue weighted by Gasteiger charge is 2.13. The Kier molecular flexibility index (Phi) is 5.73. The summed E-state index contributed by atoms with van der Waals surface area (Å²) in [6.07, 6.45) is 0. The van der Waals surface area contributed by atoms with Gasteiger partial charge >= 0.3 is 0 Å². The van der Waals surface area contributed by atoms with Gasteiger partial charge < -0.3 is 10.1 Å². The minimum Gasteiger partial charge on any atom is -0.496 e. The van der Waals surface area contributed by atoms with Crippen molar-refractivity contribution in [2.75, 3.05) is 30.9 Å². The summed E-state index contributed by atoms with van der Waals surface area (Å²) in [5.41, 5.74) is 2.54.